The zero-order valence-electron chi connectivity index (χ0n) is 19.9. The number of aryl methyl sites for hydroxylation is 1. The number of ether oxygens (including phenoxy) is 3. The van der Waals surface area contributed by atoms with E-state index in [9.17, 15) is 26.7 Å². The second-order valence-corrected chi connectivity index (χ2v) is 8.56. The molecule has 2 N–H and O–H groups in total. The van der Waals surface area contributed by atoms with Crippen LogP contribution in [0.5, 0.6) is 5.75 Å². The minimum absolute atomic E-state index is 0.0956. The summed E-state index contributed by atoms with van der Waals surface area (Å²) in [7, 11) is 1.43. The van der Waals surface area contributed by atoms with Crippen LogP contribution in [0.3, 0.4) is 0 Å². The van der Waals surface area contributed by atoms with Crippen molar-refractivity contribution in [1.82, 2.24) is 9.97 Å². The lowest BCUT2D eigenvalue weighted by atomic mass is 9.77. The molecule has 0 spiro atoms. The Labute approximate surface area is 203 Å². The highest BCUT2D eigenvalue weighted by Crippen LogP contribution is 2.55. The SMILES string of the molecule is COCc1cc(C)nc(NC(=O)[C@@H]2O[C@@](C)(C(F)(F)F)[C@@H](C)[C@H]2c2ccc(F)c(F)c2OCCO)n1. The van der Waals surface area contributed by atoms with Crippen LogP contribution in [0, 0.1) is 24.5 Å². The fraction of sp³-hybridized carbons (Fsp3) is 0.522. The summed E-state index contributed by atoms with van der Waals surface area (Å²) in [6, 6.07) is 3.36. The molecule has 1 amide bonds. The van der Waals surface area contributed by atoms with Crippen molar-refractivity contribution in [3.63, 3.8) is 0 Å². The Balaban J connectivity index is 2.08. The summed E-state index contributed by atoms with van der Waals surface area (Å²) < 4.78 is 86.4. The van der Waals surface area contributed by atoms with Crippen molar-refractivity contribution >= 4 is 11.9 Å². The largest absolute Gasteiger partial charge is 0.488 e. The molecule has 1 saturated heterocycles. The lowest BCUT2D eigenvalue weighted by Gasteiger charge is -2.32. The monoisotopic (exact) mass is 519 g/mol. The Morgan fingerprint density at radius 3 is 2.58 bits per heavy atom. The molecule has 1 aliphatic heterocycles. The second kappa shape index (κ2) is 10.6. The van der Waals surface area contributed by atoms with Gasteiger partial charge < -0.3 is 19.3 Å². The average molecular weight is 519 g/mol. The van der Waals surface area contributed by atoms with Crippen LogP contribution in [0.2, 0.25) is 0 Å². The fourth-order valence-electron chi connectivity index (χ4n) is 4.22. The van der Waals surface area contributed by atoms with Gasteiger partial charge in [-0.25, -0.2) is 14.4 Å². The van der Waals surface area contributed by atoms with Crippen molar-refractivity contribution in [2.45, 2.75) is 51.2 Å². The molecule has 1 aliphatic rings. The third-order valence-corrected chi connectivity index (χ3v) is 6.14. The van der Waals surface area contributed by atoms with Gasteiger partial charge in [-0.2, -0.15) is 17.6 Å². The highest BCUT2D eigenvalue weighted by Gasteiger charge is 2.66. The van der Waals surface area contributed by atoms with Gasteiger partial charge in [-0.05, 0) is 26.0 Å². The molecule has 0 unspecified atom stereocenters. The molecule has 1 aromatic heterocycles. The molecule has 36 heavy (non-hydrogen) atoms. The number of nitrogens with zero attached hydrogens (tertiary/aromatic N) is 2. The number of aliphatic hydroxyl groups excluding tert-OH is 1. The van der Waals surface area contributed by atoms with Crippen LogP contribution < -0.4 is 10.1 Å². The number of methoxy groups -OCH3 is 1. The Morgan fingerprint density at radius 1 is 1.28 bits per heavy atom. The predicted molar refractivity (Wildman–Crippen MR) is 116 cm³/mol. The Hall–Kier alpha value is -2.90. The molecule has 0 radical (unpaired) electrons. The maximum absolute atomic E-state index is 14.7. The smallest absolute Gasteiger partial charge is 0.417 e. The van der Waals surface area contributed by atoms with E-state index in [0.29, 0.717) is 11.4 Å². The van der Waals surface area contributed by atoms with Gasteiger partial charge in [-0.3, -0.25) is 10.1 Å². The summed E-state index contributed by atoms with van der Waals surface area (Å²) in [6.45, 7) is 2.68. The molecular formula is C23H26F5N3O5. The van der Waals surface area contributed by atoms with Crippen LogP contribution in [0.25, 0.3) is 0 Å². The zero-order chi connectivity index (χ0) is 26.8. The number of aliphatic hydroxyl groups is 1. The Bertz CT molecular complexity index is 1120. The molecule has 8 nitrogen and oxygen atoms in total. The standard InChI is InChI=1S/C23H26F5N3O5/c1-11-9-13(10-34-4)30-21(29-11)31-20(33)19-16(12(2)22(3,36-19)23(26,27)28)14-5-6-15(24)17(25)18(14)35-8-7-32/h5-6,9,12,16,19,32H,7-8,10H2,1-4H3,(H,29,30,31,33)/t12-,16-,19+,22+/m0/s1. The van der Waals surface area contributed by atoms with Crippen molar-refractivity contribution in [1.29, 1.82) is 0 Å². The number of amides is 1. The number of aromatic nitrogens is 2. The first-order valence-corrected chi connectivity index (χ1v) is 10.9. The number of benzene rings is 1. The van der Waals surface area contributed by atoms with Gasteiger partial charge in [0.1, 0.15) is 12.7 Å². The number of carbonyl (C=O) groups is 1. The molecule has 3 rings (SSSR count). The first-order chi connectivity index (χ1) is 16.8. The van der Waals surface area contributed by atoms with Gasteiger partial charge in [0, 0.05) is 30.2 Å². The molecule has 1 fully saturated rings. The molecule has 2 heterocycles. The Morgan fingerprint density at radius 2 is 1.97 bits per heavy atom. The number of rotatable bonds is 8. The zero-order valence-corrected chi connectivity index (χ0v) is 19.9. The first kappa shape index (κ1) is 27.7. The van der Waals surface area contributed by atoms with Crippen molar-refractivity contribution < 1.29 is 46.1 Å². The molecule has 198 valence electrons. The minimum Gasteiger partial charge on any atom is -0.488 e. The number of halogens is 5. The van der Waals surface area contributed by atoms with Gasteiger partial charge in [-0.15, -0.1) is 0 Å². The number of anilines is 1. The van der Waals surface area contributed by atoms with E-state index < -0.39 is 66.2 Å². The van der Waals surface area contributed by atoms with E-state index >= 15 is 0 Å². The maximum Gasteiger partial charge on any atom is 0.417 e. The molecule has 4 atom stereocenters. The summed E-state index contributed by atoms with van der Waals surface area (Å²) in [4.78, 5) is 21.4. The lowest BCUT2D eigenvalue weighted by Crippen LogP contribution is -2.47. The van der Waals surface area contributed by atoms with Gasteiger partial charge in [0.2, 0.25) is 11.8 Å². The summed E-state index contributed by atoms with van der Waals surface area (Å²) in [5.74, 6) is -7.53. The molecule has 0 aliphatic carbocycles. The van der Waals surface area contributed by atoms with Gasteiger partial charge >= 0.3 is 6.18 Å². The van der Waals surface area contributed by atoms with E-state index in [-0.39, 0.29) is 18.1 Å². The average Bonchev–Trinajstić information content (AvgIpc) is 3.06. The molecule has 2 aromatic rings. The third kappa shape index (κ3) is 5.27. The van der Waals surface area contributed by atoms with Crippen LogP contribution in [-0.2, 0) is 20.9 Å². The molecule has 0 saturated carbocycles. The second-order valence-electron chi connectivity index (χ2n) is 8.56. The van der Waals surface area contributed by atoms with Gasteiger partial charge in [0.15, 0.2) is 17.2 Å². The summed E-state index contributed by atoms with van der Waals surface area (Å²) in [6.07, 6.45) is -6.71. The summed E-state index contributed by atoms with van der Waals surface area (Å²) in [5, 5.41) is 11.4. The fourth-order valence-corrected chi connectivity index (χ4v) is 4.22. The highest BCUT2D eigenvalue weighted by atomic mass is 19.4. The van der Waals surface area contributed by atoms with Crippen LogP contribution >= 0.6 is 0 Å². The molecule has 1 aromatic carbocycles. The van der Waals surface area contributed by atoms with Crippen LogP contribution in [0.4, 0.5) is 27.9 Å². The van der Waals surface area contributed by atoms with E-state index in [0.717, 1.165) is 19.1 Å². The number of hydrogen-bond acceptors (Lipinski definition) is 7. The van der Waals surface area contributed by atoms with Gasteiger partial charge in [-0.1, -0.05) is 13.0 Å². The van der Waals surface area contributed by atoms with E-state index in [1.165, 1.54) is 14.0 Å². The third-order valence-electron chi connectivity index (χ3n) is 6.14. The Kier molecular flexibility index (Phi) is 8.16. The predicted octanol–water partition coefficient (Wildman–Crippen LogP) is 3.66. The number of carbonyl (C=O) groups excluding carboxylic acids is 1. The van der Waals surface area contributed by atoms with E-state index in [1.54, 1.807) is 13.0 Å². The highest BCUT2D eigenvalue weighted by molar-refractivity contribution is 5.94. The van der Waals surface area contributed by atoms with E-state index in [2.05, 4.69) is 15.3 Å². The molecular weight excluding hydrogens is 493 g/mol. The normalized spacial score (nSPS) is 24.1. The molecule has 13 heteroatoms. The number of alkyl halides is 3. The van der Waals surface area contributed by atoms with Crippen LogP contribution in [0.15, 0.2) is 18.2 Å². The van der Waals surface area contributed by atoms with Crippen molar-refractivity contribution in [3.8, 4) is 5.75 Å². The number of nitrogens with one attached hydrogen (secondary N) is 1. The van der Waals surface area contributed by atoms with E-state index in [4.69, 9.17) is 19.3 Å². The topological polar surface area (TPSA) is 103 Å². The van der Waals surface area contributed by atoms with Crippen LogP contribution in [-0.4, -0.2) is 59.2 Å². The summed E-state index contributed by atoms with van der Waals surface area (Å²) in [5.41, 5.74) is -2.15. The van der Waals surface area contributed by atoms with Crippen molar-refractivity contribution in [2.75, 3.05) is 25.6 Å². The van der Waals surface area contributed by atoms with E-state index in [1.807, 2.05) is 0 Å². The minimum atomic E-state index is -4.91. The van der Waals surface area contributed by atoms with Gasteiger partial charge in [0.25, 0.3) is 5.91 Å². The quantitative estimate of drug-likeness (QED) is 0.514. The molecule has 0 bridgehead atoms. The first-order valence-electron chi connectivity index (χ1n) is 10.9. The maximum atomic E-state index is 14.7. The van der Waals surface area contributed by atoms with Crippen molar-refractivity contribution in [2.24, 2.45) is 5.92 Å². The lowest BCUT2D eigenvalue weighted by molar-refractivity contribution is -0.272. The summed E-state index contributed by atoms with van der Waals surface area (Å²) >= 11 is 0. The van der Waals surface area contributed by atoms with Crippen LogP contribution in [0.1, 0.15) is 36.7 Å². The van der Waals surface area contributed by atoms with Gasteiger partial charge in [0.05, 0.1) is 18.9 Å². The number of hydrogen-bond donors (Lipinski definition) is 2. The van der Waals surface area contributed by atoms with Crippen molar-refractivity contribution in [3.05, 3.63) is 46.8 Å².